The van der Waals surface area contributed by atoms with Crippen molar-refractivity contribution in [1.82, 2.24) is 9.21 Å². The van der Waals surface area contributed by atoms with Gasteiger partial charge in [0.1, 0.15) is 0 Å². The highest BCUT2D eigenvalue weighted by atomic mass is 79.9. The van der Waals surface area contributed by atoms with Crippen LogP contribution in [0, 0.1) is 5.92 Å². The molecule has 1 aromatic carbocycles. The van der Waals surface area contributed by atoms with Gasteiger partial charge in [0.2, 0.25) is 5.91 Å². The Bertz CT molecular complexity index is 428. The zero-order valence-corrected chi connectivity index (χ0v) is 13.7. The van der Waals surface area contributed by atoms with Gasteiger partial charge in [0.05, 0.1) is 0 Å². The Morgan fingerprint density at radius 1 is 1.16 bits per heavy atom. The predicted octanol–water partition coefficient (Wildman–Crippen LogP) is 3.26. The Labute approximate surface area is 127 Å². The van der Waals surface area contributed by atoms with E-state index in [2.05, 4.69) is 44.5 Å². The highest BCUT2D eigenvalue weighted by Gasteiger charge is 2.23. The van der Waals surface area contributed by atoms with Gasteiger partial charge in [-0.2, -0.15) is 0 Å². The van der Waals surface area contributed by atoms with Crippen LogP contribution >= 0.6 is 27.9 Å². The van der Waals surface area contributed by atoms with Gasteiger partial charge >= 0.3 is 0 Å². The minimum atomic E-state index is 0.102. The lowest BCUT2D eigenvalue weighted by Crippen LogP contribution is -2.47. The average molecular weight is 343 g/mol. The van der Waals surface area contributed by atoms with Crippen LogP contribution in [-0.4, -0.2) is 41.3 Å². The van der Waals surface area contributed by atoms with Gasteiger partial charge in [-0.1, -0.05) is 29.8 Å². The van der Waals surface area contributed by atoms with Gasteiger partial charge < -0.3 is 4.90 Å². The number of amides is 1. The normalized spacial score (nSPS) is 16.9. The molecule has 5 heteroatoms. The molecule has 2 rings (SSSR count). The molecule has 0 radical (unpaired) electrons. The van der Waals surface area contributed by atoms with Crippen LogP contribution in [0.2, 0.25) is 0 Å². The number of rotatable bonds is 3. The number of benzene rings is 1. The second-order valence-electron chi connectivity index (χ2n) is 4.95. The molecule has 104 valence electrons. The lowest BCUT2D eigenvalue weighted by molar-refractivity contribution is -0.135. The molecule has 0 aromatic heterocycles. The standard InChI is InChI=1S/C14H19BrN2OS/c1-11(2)14(18)16-7-9-17(10-8-16)19-13-5-3-12(15)4-6-13/h3-6,11H,7-10H2,1-2H3. The van der Waals surface area contributed by atoms with Crippen LogP contribution in [0.15, 0.2) is 33.6 Å². The summed E-state index contributed by atoms with van der Waals surface area (Å²) >= 11 is 5.21. The van der Waals surface area contributed by atoms with Crippen molar-refractivity contribution in [2.24, 2.45) is 5.92 Å². The first-order chi connectivity index (χ1) is 9.06. The predicted molar refractivity (Wildman–Crippen MR) is 83.0 cm³/mol. The van der Waals surface area contributed by atoms with Crippen molar-refractivity contribution >= 4 is 33.8 Å². The maximum atomic E-state index is 11.9. The molecular weight excluding hydrogens is 324 g/mol. The molecule has 19 heavy (non-hydrogen) atoms. The number of hydrogen-bond acceptors (Lipinski definition) is 3. The second kappa shape index (κ2) is 6.77. The van der Waals surface area contributed by atoms with Gasteiger partial charge in [-0.15, -0.1) is 0 Å². The second-order valence-corrected chi connectivity index (χ2v) is 7.04. The molecule has 1 amide bonds. The largest absolute Gasteiger partial charge is 0.340 e. The van der Waals surface area contributed by atoms with Gasteiger partial charge in [-0.25, -0.2) is 4.31 Å². The summed E-state index contributed by atoms with van der Waals surface area (Å²) in [6.07, 6.45) is 0. The Kier molecular flexibility index (Phi) is 5.30. The summed E-state index contributed by atoms with van der Waals surface area (Å²) in [5.74, 6) is 0.374. The third-order valence-electron chi connectivity index (χ3n) is 3.09. The summed E-state index contributed by atoms with van der Waals surface area (Å²) < 4.78 is 3.43. The molecule has 1 fully saturated rings. The molecule has 3 nitrogen and oxygen atoms in total. The number of carbonyl (C=O) groups is 1. The van der Waals surface area contributed by atoms with Gasteiger partial charge in [0.25, 0.3) is 0 Å². The zero-order valence-electron chi connectivity index (χ0n) is 11.3. The Hall–Kier alpha value is -0.520. The quantitative estimate of drug-likeness (QED) is 0.787. The van der Waals surface area contributed by atoms with E-state index < -0.39 is 0 Å². The summed E-state index contributed by atoms with van der Waals surface area (Å²) in [5.41, 5.74) is 0. The first kappa shape index (κ1) is 14.9. The fourth-order valence-corrected chi connectivity index (χ4v) is 3.18. The van der Waals surface area contributed by atoms with Gasteiger partial charge in [0.15, 0.2) is 0 Å². The minimum absolute atomic E-state index is 0.102. The Morgan fingerprint density at radius 3 is 2.26 bits per heavy atom. The Balaban J connectivity index is 1.83. The zero-order chi connectivity index (χ0) is 13.8. The van der Waals surface area contributed by atoms with Crippen molar-refractivity contribution in [3.63, 3.8) is 0 Å². The van der Waals surface area contributed by atoms with Crippen LogP contribution in [0.5, 0.6) is 0 Å². The number of halogens is 1. The number of hydrogen-bond donors (Lipinski definition) is 0. The van der Waals surface area contributed by atoms with Crippen LogP contribution in [-0.2, 0) is 4.79 Å². The van der Waals surface area contributed by atoms with Crippen LogP contribution < -0.4 is 0 Å². The SMILES string of the molecule is CC(C)C(=O)N1CCN(Sc2ccc(Br)cc2)CC1. The minimum Gasteiger partial charge on any atom is -0.340 e. The fraction of sp³-hybridized carbons (Fsp3) is 0.500. The van der Waals surface area contributed by atoms with E-state index in [0.717, 1.165) is 30.7 Å². The molecule has 0 unspecified atom stereocenters. The number of nitrogens with zero attached hydrogens (tertiary/aromatic N) is 2. The van der Waals surface area contributed by atoms with Gasteiger partial charge in [0, 0.05) is 41.5 Å². The highest BCUT2D eigenvalue weighted by Crippen LogP contribution is 2.25. The smallest absolute Gasteiger partial charge is 0.225 e. The molecule has 0 aliphatic carbocycles. The van der Waals surface area contributed by atoms with Crippen LogP contribution in [0.4, 0.5) is 0 Å². The van der Waals surface area contributed by atoms with E-state index in [0.29, 0.717) is 0 Å². The van der Waals surface area contributed by atoms with Crippen molar-refractivity contribution in [1.29, 1.82) is 0 Å². The van der Waals surface area contributed by atoms with E-state index in [1.165, 1.54) is 4.90 Å². The van der Waals surface area contributed by atoms with Crippen molar-refractivity contribution in [3.8, 4) is 0 Å². The molecule has 1 saturated heterocycles. The lowest BCUT2D eigenvalue weighted by Gasteiger charge is -2.34. The van der Waals surface area contributed by atoms with E-state index in [1.807, 2.05) is 18.7 Å². The van der Waals surface area contributed by atoms with Crippen molar-refractivity contribution in [2.75, 3.05) is 26.2 Å². The first-order valence-corrected chi connectivity index (χ1v) is 8.10. The summed E-state index contributed by atoms with van der Waals surface area (Å²) in [5, 5.41) is 0. The summed E-state index contributed by atoms with van der Waals surface area (Å²) in [4.78, 5) is 15.1. The molecule has 0 atom stereocenters. The molecule has 1 heterocycles. The summed E-state index contributed by atoms with van der Waals surface area (Å²) in [6.45, 7) is 7.45. The van der Waals surface area contributed by atoms with Gasteiger partial charge in [-0.05, 0) is 36.2 Å². The molecule has 0 N–H and O–H groups in total. The van der Waals surface area contributed by atoms with Crippen molar-refractivity contribution < 1.29 is 4.79 Å². The molecule has 1 aromatic rings. The monoisotopic (exact) mass is 342 g/mol. The number of piperazine rings is 1. The van der Waals surface area contributed by atoms with Crippen LogP contribution in [0.25, 0.3) is 0 Å². The lowest BCUT2D eigenvalue weighted by atomic mass is 10.2. The van der Waals surface area contributed by atoms with Crippen molar-refractivity contribution in [3.05, 3.63) is 28.7 Å². The van der Waals surface area contributed by atoms with E-state index in [-0.39, 0.29) is 11.8 Å². The molecule has 0 spiro atoms. The molecule has 0 bridgehead atoms. The van der Waals surface area contributed by atoms with Crippen LogP contribution in [0.1, 0.15) is 13.8 Å². The van der Waals surface area contributed by atoms with E-state index in [9.17, 15) is 4.79 Å². The maximum absolute atomic E-state index is 11.9. The van der Waals surface area contributed by atoms with E-state index in [1.54, 1.807) is 11.9 Å². The third kappa shape index (κ3) is 4.23. The first-order valence-electron chi connectivity index (χ1n) is 6.53. The molecule has 1 aliphatic heterocycles. The fourth-order valence-electron chi connectivity index (χ4n) is 2.01. The summed E-state index contributed by atoms with van der Waals surface area (Å²) in [6, 6.07) is 8.34. The Morgan fingerprint density at radius 2 is 1.74 bits per heavy atom. The maximum Gasteiger partial charge on any atom is 0.225 e. The van der Waals surface area contributed by atoms with Gasteiger partial charge in [-0.3, -0.25) is 4.79 Å². The van der Waals surface area contributed by atoms with Crippen molar-refractivity contribution in [2.45, 2.75) is 18.7 Å². The van der Waals surface area contributed by atoms with E-state index in [4.69, 9.17) is 0 Å². The highest BCUT2D eigenvalue weighted by molar-refractivity contribution is 9.10. The number of carbonyl (C=O) groups excluding carboxylic acids is 1. The molecule has 1 aliphatic rings. The van der Waals surface area contributed by atoms with E-state index >= 15 is 0 Å². The topological polar surface area (TPSA) is 23.6 Å². The summed E-state index contributed by atoms with van der Waals surface area (Å²) in [7, 11) is 0. The molecular formula is C14H19BrN2OS. The van der Waals surface area contributed by atoms with Crippen LogP contribution in [0.3, 0.4) is 0 Å². The average Bonchev–Trinajstić information content (AvgIpc) is 2.41. The molecule has 0 saturated carbocycles. The third-order valence-corrected chi connectivity index (χ3v) is 4.73.